The average Bonchev–Trinajstić information content (AvgIpc) is 3.14. The van der Waals surface area contributed by atoms with Crippen LogP contribution in [0.25, 0.3) is 0 Å². The third kappa shape index (κ3) is 3.42. The molecule has 1 aromatic carbocycles. The third-order valence-corrected chi connectivity index (χ3v) is 3.85. The number of carbonyl (C=O) groups is 1. The van der Waals surface area contributed by atoms with Gasteiger partial charge in [0.15, 0.2) is 0 Å². The van der Waals surface area contributed by atoms with Crippen molar-refractivity contribution >= 4 is 6.29 Å². The molecule has 0 radical (unpaired) electrons. The van der Waals surface area contributed by atoms with Crippen molar-refractivity contribution in [2.75, 3.05) is 0 Å². The largest absolute Gasteiger partial charge is 0.298 e. The van der Waals surface area contributed by atoms with E-state index in [1.54, 1.807) is 0 Å². The van der Waals surface area contributed by atoms with Gasteiger partial charge in [-0.15, -0.1) is 0 Å². The van der Waals surface area contributed by atoms with Crippen molar-refractivity contribution in [1.29, 1.82) is 0 Å². The summed E-state index contributed by atoms with van der Waals surface area (Å²) in [5, 5.41) is 0. The van der Waals surface area contributed by atoms with Crippen LogP contribution in [-0.4, -0.2) is 6.29 Å². The van der Waals surface area contributed by atoms with Crippen LogP contribution in [0.3, 0.4) is 0 Å². The van der Waals surface area contributed by atoms with Gasteiger partial charge < -0.3 is 0 Å². The summed E-state index contributed by atoms with van der Waals surface area (Å²) >= 11 is 0. The molecule has 0 saturated heterocycles. The minimum atomic E-state index is 0.775. The molecular weight excluding hydrogens is 208 g/mol. The molecule has 1 aliphatic rings. The van der Waals surface area contributed by atoms with E-state index in [9.17, 15) is 4.79 Å². The predicted octanol–water partition coefficient (Wildman–Crippen LogP) is 4.57. The molecule has 0 bridgehead atoms. The Morgan fingerprint density at radius 3 is 2.59 bits per heavy atom. The lowest BCUT2D eigenvalue weighted by Gasteiger charge is -2.01. The molecule has 0 amide bonds. The van der Waals surface area contributed by atoms with Crippen LogP contribution in [0.2, 0.25) is 0 Å². The number of aldehydes is 1. The zero-order valence-corrected chi connectivity index (χ0v) is 10.7. The van der Waals surface area contributed by atoms with E-state index in [-0.39, 0.29) is 0 Å². The maximum atomic E-state index is 10.6. The molecule has 1 aromatic rings. The van der Waals surface area contributed by atoms with Gasteiger partial charge in [0, 0.05) is 5.56 Å². The molecule has 0 spiro atoms. The molecule has 2 rings (SSSR count). The van der Waals surface area contributed by atoms with Crippen molar-refractivity contribution in [2.24, 2.45) is 5.92 Å². The first-order valence-electron chi connectivity index (χ1n) is 6.90. The van der Waals surface area contributed by atoms with Crippen molar-refractivity contribution in [2.45, 2.75) is 51.4 Å². The number of hydrogen-bond donors (Lipinski definition) is 0. The summed E-state index contributed by atoms with van der Waals surface area (Å²) in [4.78, 5) is 10.6. The van der Waals surface area contributed by atoms with Crippen molar-refractivity contribution in [3.05, 3.63) is 35.4 Å². The minimum Gasteiger partial charge on any atom is -0.298 e. The summed E-state index contributed by atoms with van der Waals surface area (Å²) in [5.74, 6) is 1.69. The maximum absolute atomic E-state index is 10.6. The van der Waals surface area contributed by atoms with Crippen LogP contribution < -0.4 is 0 Å². The van der Waals surface area contributed by atoms with Gasteiger partial charge in [-0.1, -0.05) is 56.9 Å². The molecule has 17 heavy (non-hydrogen) atoms. The normalized spacial score (nSPS) is 22.4. The highest BCUT2D eigenvalue weighted by atomic mass is 16.1. The molecule has 0 aliphatic heterocycles. The fourth-order valence-corrected chi connectivity index (χ4v) is 2.63. The molecule has 0 unspecified atom stereocenters. The molecule has 1 aliphatic carbocycles. The van der Waals surface area contributed by atoms with E-state index >= 15 is 0 Å². The Morgan fingerprint density at radius 2 is 1.94 bits per heavy atom. The highest BCUT2D eigenvalue weighted by Gasteiger charge is 2.37. The first-order chi connectivity index (χ1) is 8.35. The predicted molar refractivity (Wildman–Crippen MR) is 71.4 cm³/mol. The van der Waals surface area contributed by atoms with Crippen molar-refractivity contribution in [3.8, 4) is 0 Å². The van der Waals surface area contributed by atoms with E-state index in [4.69, 9.17) is 0 Å². The minimum absolute atomic E-state index is 0.775. The van der Waals surface area contributed by atoms with Gasteiger partial charge in [-0.2, -0.15) is 0 Å². The Kier molecular flexibility index (Phi) is 4.36. The highest BCUT2D eigenvalue weighted by molar-refractivity contribution is 5.74. The SMILES string of the molecule is CCCCCC[C@@H]1C[C@H]1c1ccc(C=O)cc1. The second-order valence-corrected chi connectivity index (χ2v) is 5.24. The van der Waals surface area contributed by atoms with Crippen molar-refractivity contribution in [3.63, 3.8) is 0 Å². The summed E-state index contributed by atoms with van der Waals surface area (Å²) < 4.78 is 0. The molecule has 92 valence electrons. The van der Waals surface area contributed by atoms with Crippen molar-refractivity contribution < 1.29 is 4.79 Å². The van der Waals surface area contributed by atoms with E-state index in [0.717, 1.165) is 23.7 Å². The lowest BCUT2D eigenvalue weighted by molar-refractivity contribution is 0.112. The van der Waals surface area contributed by atoms with Crippen molar-refractivity contribution in [1.82, 2.24) is 0 Å². The van der Waals surface area contributed by atoms with Gasteiger partial charge in [-0.3, -0.25) is 4.79 Å². The molecule has 0 aromatic heterocycles. The Morgan fingerprint density at radius 1 is 1.18 bits per heavy atom. The van der Waals surface area contributed by atoms with Crippen LogP contribution in [0.15, 0.2) is 24.3 Å². The monoisotopic (exact) mass is 230 g/mol. The van der Waals surface area contributed by atoms with Crippen LogP contribution in [0.5, 0.6) is 0 Å². The molecule has 1 nitrogen and oxygen atoms in total. The molecule has 0 heterocycles. The number of rotatable bonds is 7. The lowest BCUT2D eigenvalue weighted by Crippen LogP contribution is -1.86. The zero-order chi connectivity index (χ0) is 12.1. The van der Waals surface area contributed by atoms with Gasteiger partial charge in [-0.25, -0.2) is 0 Å². The summed E-state index contributed by atoms with van der Waals surface area (Å²) in [6, 6.07) is 8.13. The third-order valence-electron chi connectivity index (χ3n) is 3.85. The Labute approximate surface area is 104 Å². The van der Waals surface area contributed by atoms with E-state index < -0.39 is 0 Å². The van der Waals surface area contributed by atoms with Crippen LogP contribution >= 0.6 is 0 Å². The Hall–Kier alpha value is -1.11. The fourth-order valence-electron chi connectivity index (χ4n) is 2.63. The summed E-state index contributed by atoms with van der Waals surface area (Å²) in [6.45, 7) is 2.26. The van der Waals surface area contributed by atoms with Gasteiger partial charge in [0.2, 0.25) is 0 Å². The summed E-state index contributed by atoms with van der Waals surface area (Å²) in [6.07, 6.45) is 9.14. The number of hydrogen-bond acceptors (Lipinski definition) is 1. The first kappa shape index (κ1) is 12.3. The Bertz CT molecular complexity index is 352. The smallest absolute Gasteiger partial charge is 0.150 e. The average molecular weight is 230 g/mol. The van der Waals surface area contributed by atoms with Crippen LogP contribution in [0.1, 0.15) is 67.3 Å². The number of unbranched alkanes of at least 4 members (excludes halogenated alkanes) is 3. The lowest BCUT2D eigenvalue weighted by atomic mass is 10.0. The highest BCUT2D eigenvalue weighted by Crippen LogP contribution is 2.50. The van der Waals surface area contributed by atoms with Gasteiger partial charge >= 0.3 is 0 Å². The van der Waals surface area contributed by atoms with Gasteiger partial charge in [0.25, 0.3) is 0 Å². The standard InChI is InChI=1S/C16H22O/c1-2-3-4-5-6-15-11-16(15)14-9-7-13(12-17)8-10-14/h7-10,12,15-16H,2-6,11H2,1H3/t15-,16+/m1/s1. The van der Waals surface area contributed by atoms with E-state index in [0.29, 0.717) is 0 Å². The zero-order valence-electron chi connectivity index (χ0n) is 10.7. The topological polar surface area (TPSA) is 17.1 Å². The second kappa shape index (κ2) is 6.00. The van der Waals surface area contributed by atoms with E-state index in [1.807, 2.05) is 12.1 Å². The first-order valence-corrected chi connectivity index (χ1v) is 6.90. The maximum Gasteiger partial charge on any atom is 0.150 e. The number of carbonyl (C=O) groups excluding carboxylic acids is 1. The van der Waals surface area contributed by atoms with E-state index in [2.05, 4.69) is 19.1 Å². The van der Waals surface area contributed by atoms with Gasteiger partial charge in [0.1, 0.15) is 6.29 Å². The molecule has 0 N–H and O–H groups in total. The van der Waals surface area contributed by atoms with Crippen LogP contribution in [0, 0.1) is 5.92 Å². The second-order valence-electron chi connectivity index (χ2n) is 5.24. The molecular formula is C16H22O. The summed E-state index contributed by atoms with van der Waals surface area (Å²) in [7, 11) is 0. The number of benzene rings is 1. The van der Waals surface area contributed by atoms with Crippen LogP contribution in [0.4, 0.5) is 0 Å². The summed E-state index contributed by atoms with van der Waals surface area (Å²) in [5.41, 5.74) is 2.21. The van der Waals surface area contributed by atoms with Gasteiger partial charge in [0.05, 0.1) is 0 Å². The molecule has 1 heteroatoms. The van der Waals surface area contributed by atoms with E-state index in [1.165, 1.54) is 44.1 Å². The molecule has 1 fully saturated rings. The quantitative estimate of drug-likeness (QED) is 0.495. The van der Waals surface area contributed by atoms with Crippen LogP contribution in [-0.2, 0) is 0 Å². The van der Waals surface area contributed by atoms with Gasteiger partial charge in [-0.05, 0) is 30.2 Å². The molecule has 2 atom stereocenters. The fraction of sp³-hybridized carbons (Fsp3) is 0.562. The molecule has 1 saturated carbocycles. The Balaban J connectivity index is 1.75.